The summed E-state index contributed by atoms with van der Waals surface area (Å²) in [6.45, 7) is 8.77. The predicted molar refractivity (Wildman–Crippen MR) is 73.1 cm³/mol. The average Bonchev–Trinajstić information content (AvgIpc) is 2.58. The molecule has 5 nitrogen and oxygen atoms in total. The van der Waals surface area contributed by atoms with Gasteiger partial charge in [-0.1, -0.05) is 20.8 Å². The Bertz CT molecular complexity index is 557. The lowest BCUT2D eigenvalue weighted by Crippen LogP contribution is -2.23. The minimum absolute atomic E-state index is 0.347. The molecule has 0 bridgehead atoms. The Labute approximate surface area is 123 Å². The normalized spacial score (nSPS) is 12.8. The number of halogens is 3. The van der Waals surface area contributed by atoms with E-state index in [4.69, 9.17) is 0 Å². The van der Waals surface area contributed by atoms with Crippen molar-refractivity contribution >= 4 is 10.1 Å². The standard InChI is InChI=1S/C10H18N2.C2H3F3O3S/c1-8-11-7-9(12(8)5)6-10(2,3)4;1-8-9(6,7)2(3,4)5/h7H,6H2,1-5H3;1H3. The zero-order valence-corrected chi connectivity index (χ0v) is 13.8. The first kappa shape index (κ1) is 19.9. The number of alkyl halides is 3. The average molecular weight is 330 g/mol. The molecule has 9 heteroatoms. The molecule has 124 valence electrons. The van der Waals surface area contributed by atoms with Gasteiger partial charge in [0.05, 0.1) is 7.11 Å². The summed E-state index contributed by atoms with van der Waals surface area (Å²) in [5, 5.41) is 0. The van der Waals surface area contributed by atoms with Crippen LogP contribution in [-0.4, -0.2) is 30.6 Å². The van der Waals surface area contributed by atoms with E-state index in [1.807, 2.05) is 13.1 Å². The van der Waals surface area contributed by atoms with Crippen molar-refractivity contribution in [3.8, 4) is 0 Å². The second kappa shape index (κ2) is 6.78. The number of imidazole rings is 1. The molecule has 0 unspecified atom stereocenters. The maximum atomic E-state index is 11.1. The van der Waals surface area contributed by atoms with E-state index >= 15 is 0 Å². The van der Waals surface area contributed by atoms with Crippen LogP contribution >= 0.6 is 0 Å². The maximum Gasteiger partial charge on any atom is 0.523 e. The van der Waals surface area contributed by atoms with Crippen molar-refractivity contribution in [1.29, 1.82) is 0 Å². The molecular weight excluding hydrogens is 309 g/mol. The highest BCUT2D eigenvalue weighted by molar-refractivity contribution is 7.87. The largest absolute Gasteiger partial charge is 0.523 e. The molecule has 0 aliphatic rings. The lowest BCUT2D eigenvalue weighted by molar-refractivity contribution is -0.0526. The molecule has 0 amide bonds. The van der Waals surface area contributed by atoms with Crippen LogP contribution in [0.3, 0.4) is 0 Å². The minimum Gasteiger partial charge on any atom is -0.335 e. The van der Waals surface area contributed by atoms with Gasteiger partial charge in [-0.05, 0) is 18.8 Å². The summed E-state index contributed by atoms with van der Waals surface area (Å²) in [6.07, 6.45) is 3.06. The molecule has 0 atom stereocenters. The third-order valence-electron chi connectivity index (χ3n) is 2.53. The van der Waals surface area contributed by atoms with Crippen LogP contribution < -0.4 is 0 Å². The van der Waals surface area contributed by atoms with Crippen LogP contribution in [0.25, 0.3) is 0 Å². The highest BCUT2D eigenvalue weighted by Gasteiger charge is 2.46. The molecule has 1 aromatic heterocycles. The number of rotatable bonds is 2. The van der Waals surface area contributed by atoms with Crippen LogP contribution in [-0.2, 0) is 27.8 Å². The lowest BCUT2D eigenvalue weighted by Gasteiger charge is -2.17. The molecule has 0 aliphatic carbocycles. The monoisotopic (exact) mass is 330 g/mol. The molecule has 0 radical (unpaired) electrons. The summed E-state index contributed by atoms with van der Waals surface area (Å²) in [6, 6.07) is 0. The third-order valence-corrected chi connectivity index (χ3v) is 3.54. The van der Waals surface area contributed by atoms with Crippen LogP contribution in [0.2, 0.25) is 0 Å². The van der Waals surface area contributed by atoms with Crippen molar-refractivity contribution in [1.82, 2.24) is 9.55 Å². The van der Waals surface area contributed by atoms with Gasteiger partial charge in [-0.15, -0.1) is 0 Å². The van der Waals surface area contributed by atoms with Gasteiger partial charge in [0.25, 0.3) is 0 Å². The van der Waals surface area contributed by atoms with Crippen LogP contribution in [0.4, 0.5) is 13.2 Å². The van der Waals surface area contributed by atoms with Gasteiger partial charge in [0.1, 0.15) is 5.82 Å². The molecule has 21 heavy (non-hydrogen) atoms. The molecule has 1 heterocycles. The van der Waals surface area contributed by atoms with E-state index in [-0.39, 0.29) is 0 Å². The third kappa shape index (κ3) is 6.47. The Balaban J connectivity index is 0.000000400. The molecule has 0 aromatic carbocycles. The predicted octanol–water partition coefficient (Wildman–Crippen LogP) is 2.80. The van der Waals surface area contributed by atoms with E-state index in [1.54, 1.807) is 0 Å². The molecule has 1 rings (SSSR count). The summed E-state index contributed by atoms with van der Waals surface area (Å²) < 4.78 is 58.0. The van der Waals surface area contributed by atoms with Gasteiger partial charge in [-0.3, -0.25) is 4.18 Å². The second-order valence-corrected chi connectivity index (χ2v) is 7.36. The zero-order valence-electron chi connectivity index (χ0n) is 12.9. The van der Waals surface area contributed by atoms with Gasteiger partial charge in [0.15, 0.2) is 0 Å². The molecule has 0 saturated carbocycles. The van der Waals surface area contributed by atoms with Crippen molar-refractivity contribution < 1.29 is 25.8 Å². The van der Waals surface area contributed by atoms with Gasteiger partial charge in [-0.2, -0.15) is 21.6 Å². The molecular formula is C12H21F3N2O3S. The second-order valence-electron chi connectivity index (χ2n) is 5.66. The van der Waals surface area contributed by atoms with Crippen LogP contribution in [0.15, 0.2) is 6.20 Å². The SMILES string of the molecule is COS(=O)(=O)C(F)(F)F.Cc1ncc(CC(C)(C)C)n1C. The molecule has 0 N–H and O–H groups in total. The zero-order chi connectivity index (χ0) is 17.1. The fourth-order valence-corrected chi connectivity index (χ4v) is 1.54. The molecule has 1 aromatic rings. The van der Waals surface area contributed by atoms with Gasteiger partial charge in [0.2, 0.25) is 0 Å². The van der Waals surface area contributed by atoms with E-state index in [2.05, 4.69) is 41.6 Å². The highest BCUT2D eigenvalue weighted by atomic mass is 32.2. The Morgan fingerprint density at radius 1 is 1.29 bits per heavy atom. The summed E-state index contributed by atoms with van der Waals surface area (Å²) in [7, 11) is -2.82. The first-order valence-corrected chi connectivity index (χ1v) is 7.46. The fourth-order valence-electron chi connectivity index (χ4n) is 1.35. The number of hydrogen-bond acceptors (Lipinski definition) is 4. The fraction of sp³-hybridized carbons (Fsp3) is 0.750. The Morgan fingerprint density at radius 2 is 1.76 bits per heavy atom. The Kier molecular flexibility index (Phi) is 6.43. The minimum atomic E-state index is -5.34. The van der Waals surface area contributed by atoms with E-state index < -0.39 is 15.6 Å². The van der Waals surface area contributed by atoms with Crippen molar-refractivity contribution in [3.63, 3.8) is 0 Å². The molecule has 0 fully saturated rings. The highest BCUT2D eigenvalue weighted by Crippen LogP contribution is 2.23. The maximum absolute atomic E-state index is 11.1. The lowest BCUT2D eigenvalue weighted by atomic mass is 9.91. The van der Waals surface area contributed by atoms with Crippen molar-refractivity contribution in [3.05, 3.63) is 17.7 Å². The summed E-state index contributed by atoms with van der Waals surface area (Å²) in [5.41, 5.74) is -3.64. The summed E-state index contributed by atoms with van der Waals surface area (Å²) >= 11 is 0. The van der Waals surface area contributed by atoms with E-state index in [9.17, 15) is 21.6 Å². The number of aryl methyl sites for hydroxylation is 1. The molecule has 0 aliphatic heterocycles. The Morgan fingerprint density at radius 3 is 1.95 bits per heavy atom. The van der Waals surface area contributed by atoms with Crippen LogP contribution in [0, 0.1) is 12.3 Å². The number of aromatic nitrogens is 2. The quantitative estimate of drug-likeness (QED) is 0.618. The number of nitrogens with zero attached hydrogens (tertiary/aromatic N) is 2. The van der Waals surface area contributed by atoms with E-state index in [1.165, 1.54) is 5.69 Å². The van der Waals surface area contributed by atoms with Crippen LogP contribution in [0.5, 0.6) is 0 Å². The summed E-state index contributed by atoms with van der Waals surface area (Å²) in [5.74, 6) is 1.09. The van der Waals surface area contributed by atoms with Crippen molar-refractivity contribution in [2.75, 3.05) is 7.11 Å². The Hall–Kier alpha value is -1.09. The summed E-state index contributed by atoms with van der Waals surface area (Å²) in [4.78, 5) is 4.26. The van der Waals surface area contributed by atoms with Gasteiger partial charge < -0.3 is 4.57 Å². The van der Waals surface area contributed by atoms with E-state index in [0.717, 1.165) is 12.2 Å². The first-order valence-electron chi connectivity index (χ1n) is 6.05. The first-order chi connectivity index (χ1) is 9.21. The van der Waals surface area contributed by atoms with Gasteiger partial charge in [-0.25, -0.2) is 4.98 Å². The molecule has 0 spiro atoms. The topological polar surface area (TPSA) is 61.2 Å². The number of hydrogen-bond donors (Lipinski definition) is 0. The molecule has 0 saturated heterocycles. The van der Waals surface area contributed by atoms with Crippen LogP contribution in [0.1, 0.15) is 32.3 Å². The van der Waals surface area contributed by atoms with Gasteiger partial charge in [0, 0.05) is 18.9 Å². The van der Waals surface area contributed by atoms with Crippen molar-refractivity contribution in [2.24, 2.45) is 12.5 Å². The van der Waals surface area contributed by atoms with E-state index in [0.29, 0.717) is 12.5 Å². The smallest absolute Gasteiger partial charge is 0.335 e. The van der Waals surface area contributed by atoms with Gasteiger partial charge >= 0.3 is 15.6 Å². The van der Waals surface area contributed by atoms with Crippen molar-refractivity contribution in [2.45, 2.75) is 39.6 Å².